The van der Waals surface area contributed by atoms with Crippen molar-refractivity contribution in [1.29, 1.82) is 0 Å². The van der Waals surface area contributed by atoms with Crippen LogP contribution in [0.3, 0.4) is 0 Å². The zero-order valence-corrected chi connectivity index (χ0v) is 16.0. The van der Waals surface area contributed by atoms with Gasteiger partial charge in [-0.05, 0) is 65.4 Å². The van der Waals surface area contributed by atoms with E-state index in [-0.39, 0.29) is 6.04 Å². The molecule has 2 saturated carbocycles. The van der Waals surface area contributed by atoms with E-state index in [1.54, 1.807) is 16.4 Å². The van der Waals surface area contributed by atoms with Crippen molar-refractivity contribution in [2.75, 3.05) is 0 Å². The zero-order chi connectivity index (χ0) is 16.2. The SMILES string of the molecule is CC1CC1c1ccc(CN(C2CC2)S(=O)(=O)c2ccc(Br)s2)o1. The molecule has 2 aliphatic carbocycles. The van der Waals surface area contributed by atoms with Crippen LogP contribution < -0.4 is 0 Å². The fraction of sp³-hybridized carbons (Fsp3) is 0.500. The molecular weight excluding hydrogens is 398 g/mol. The highest BCUT2D eigenvalue weighted by atomic mass is 79.9. The molecule has 0 radical (unpaired) electrons. The van der Waals surface area contributed by atoms with E-state index in [2.05, 4.69) is 22.9 Å². The second-order valence-corrected chi connectivity index (χ2v) is 11.0. The molecule has 2 unspecified atom stereocenters. The lowest BCUT2D eigenvalue weighted by atomic mass is 10.3. The number of thiophene rings is 1. The van der Waals surface area contributed by atoms with Gasteiger partial charge in [0, 0.05) is 12.0 Å². The number of halogens is 1. The molecule has 2 fully saturated rings. The summed E-state index contributed by atoms with van der Waals surface area (Å²) in [6.07, 6.45) is 3.03. The van der Waals surface area contributed by atoms with E-state index in [9.17, 15) is 8.42 Å². The van der Waals surface area contributed by atoms with Gasteiger partial charge < -0.3 is 4.42 Å². The zero-order valence-electron chi connectivity index (χ0n) is 12.7. The largest absolute Gasteiger partial charge is 0.464 e. The van der Waals surface area contributed by atoms with Crippen LogP contribution in [0, 0.1) is 5.92 Å². The van der Waals surface area contributed by atoms with Gasteiger partial charge in [-0.15, -0.1) is 11.3 Å². The third-order valence-electron chi connectivity index (χ3n) is 4.53. The van der Waals surface area contributed by atoms with Gasteiger partial charge in [0.15, 0.2) is 0 Å². The minimum atomic E-state index is -3.46. The maximum Gasteiger partial charge on any atom is 0.253 e. The molecule has 2 heterocycles. The highest BCUT2D eigenvalue weighted by Crippen LogP contribution is 2.47. The standard InChI is InChI=1S/C16H18BrNO3S2/c1-10-8-13(10)14-5-4-12(21-14)9-18(11-2-3-11)23(19,20)16-7-6-15(17)22-16/h4-7,10-11,13H,2-3,8-9H2,1H3. The first-order valence-corrected chi connectivity index (χ1v) is 10.9. The molecule has 2 aliphatic rings. The second-order valence-electron chi connectivity index (χ2n) is 6.46. The Morgan fingerprint density at radius 2 is 2.04 bits per heavy atom. The summed E-state index contributed by atoms with van der Waals surface area (Å²) in [5.74, 6) is 2.94. The Balaban J connectivity index is 1.57. The Bertz CT molecular complexity index is 822. The van der Waals surface area contributed by atoms with Crippen molar-refractivity contribution >= 4 is 37.3 Å². The van der Waals surface area contributed by atoms with Gasteiger partial charge in [-0.3, -0.25) is 0 Å². The fourth-order valence-electron chi connectivity index (χ4n) is 2.88. The summed E-state index contributed by atoms with van der Waals surface area (Å²) < 4.78 is 34.5. The van der Waals surface area contributed by atoms with Crippen molar-refractivity contribution in [2.24, 2.45) is 5.92 Å². The molecule has 0 spiro atoms. The van der Waals surface area contributed by atoms with Crippen LogP contribution in [0.2, 0.25) is 0 Å². The van der Waals surface area contributed by atoms with Crippen LogP contribution in [0.5, 0.6) is 0 Å². The highest BCUT2D eigenvalue weighted by molar-refractivity contribution is 9.11. The molecule has 4 rings (SSSR count). The Hall–Kier alpha value is -0.630. The van der Waals surface area contributed by atoms with E-state index in [1.807, 2.05) is 12.1 Å². The Labute approximate surface area is 148 Å². The van der Waals surface area contributed by atoms with Crippen LogP contribution in [0.1, 0.15) is 43.6 Å². The van der Waals surface area contributed by atoms with Crippen molar-refractivity contribution in [1.82, 2.24) is 4.31 Å². The number of sulfonamides is 1. The topological polar surface area (TPSA) is 50.5 Å². The second kappa shape index (κ2) is 5.72. The quantitative estimate of drug-likeness (QED) is 0.693. The first kappa shape index (κ1) is 15.9. The minimum Gasteiger partial charge on any atom is -0.464 e. The van der Waals surface area contributed by atoms with Crippen LogP contribution in [0.15, 0.2) is 36.7 Å². The van der Waals surface area contributed by atoms with E-state index in [4.69, 9.17) is 4.42 Å². The van der Waals surface area contributed by atoms with E-state index in [0.29, 0.717) is 22.6 Å². The molecule has 2 atom stereocenters. The molecule has 2 aromatic heterocycles. The first-order valence-electron chi connectivity index (χ1n) is 7.81. The monoisotopic (exact) mass is 415 g/mol. The maximum absolute atomic E-state index is 12.9. The van der Waals surface area contributed by atoms with Gasteiger partial charge in [0.05, 0.1) is 10.3 Å². The van der Waals surface area contributed by atoms with Crippen molar-refractivity contribution < 1.29 is 12.8 Å². The average Bonchev–Trinajstić information content (AvgIpc) is 3.37. The van der Waals surface area contributed by atoms with Crippen molar-refractivity contribution in [2.45, 2.75) is 48.9 Å². The minimum absolute atomic E-state index is 0.106. The van der Waals surface area contributed by atoms with Crippen molar-refractivity contribution in [3.05, 3.63) is 39.6 Å². The molecule has 124 valence electrons. The van der Waals surface area contributed by atoms with E-state index >= 15 is 0 Å². The Morgan fingerprint density at radius 3 is 2.61 bits per heavy atom. The summed E-state index contributed by atoms with van der Waals surface area (Å²) in [5, 5.41) is 0. The lowest BCUT2D eigenvalue weighted by Crippen LogP contribution is -2.32. The van der Waals surface area contributed by atoms with Crippen LogP contribution >= 0.6 is 27.3 Å². The molecule has 0 N–H and O–H groups in total. The third kappa shape index (κ3) is 3.16. The molecule has 23 heavy (non-hydrogen) atoms. The summed E-state index contributed by atoms with van der Waals surface area (Å²) >= 11 is 4.60. The molecule has 7 heteroatoms. The summed E-state index contributed by atoms with van der Waals surface area (Å²) in [7, 11) is -3.46. The van der Waals surface area contributed by atoms with Crippen LogP contribution in [0.4, 0.5) is 0 Å². The average molecular weight is 416 g/mol. The molecule has 0 aliphatic heterocycles. The van der Waals surface area contributed by atoms with Gasteiger partial charge in [0.2, 0.25) is 0 Å². The van der Waals surface area contributed by atoms with Gasteiger partial charge in [-0.1, -0.05) is 6.92 Å². The number of hydrogen-bond acceptors (Lipinski definition) is 4. The predicted molar refractivity (Wildman–Crippen MR) is 93.0 cm³/mol. The van der Waals surface area contributed by atoms with Gasteiger partial charge in [0.25, 0.3) is 10.0 Å². The smallest absolute Gasteiger partial charge is 0.253 e. The summed E-state index contributed by atoms with van der Waals surface area (Å²) in [6.45, 7) is 2.53. The molecule has 0 amide bonds. The number of nitrogens with zero attached hydrogens (tertiary/aromatic N) is 1. The van der Waals surface area contributed by atoms with Gasteiger partial charge in [-0.25, -0.2) is 8.42 Å². The maximum atomic E-state index is 12.9. The Morgan fingerprint density at radius 1 is 1.30 bits per heavy atom. The van der Waals surface area contributed by atoms with E-state index < -0.39 is 10.0 Å². The highest BCUT2D eigenvalue weighted by Gasteiger charge is 2.40. The summed E-state index contributed by atoms with van der Waals surface area (Å²) in [6, 6.07) is 7.48. The number of furan rings is 1. The van der Waals surface area contributed by atoms with Crippen LogP contribution in [-0.2, 0) is 16.6 Å². The molecular formula is C16H18BrNO3S2. The molecule has 0 bridgehead atoms. The molecule has 0 saturated heterocycles. The van der Waals surface area contributed by atoms with Crippen LogP contribution in [0.25, 0.3) is 0 Å². The van der Waals surface area contributed by atoms with Gasteiger partial charge in [-0.2, -0.15) is 4.31 Å². The Kier molecular flexibility index (Phi) is 3.95. The molecule has 0 aromatic carbocycles. The van der Waals surface area contributed by atoms with Crippen molar-refractivity contribution in [3.8, 4) is 0 Å². The van der Waals surface area contributed by atoms with E-state index in [0.717, 1.165) is 28.1 Å². The normalized spacial score (nSPS) is 24.3. The summed E-state index contributed by atoms with van der Waals surface area (Å²) in [5.41, 5.74) is 0. The van der Waals surface area contributed by atoms with E-state index in [1.165, 1.54) is 17.8 Å². The lowest BCUT2D eigenvalue weighted by molar-refractivity contribution is 0.348. The third-order valence-corrected chi connectivity index (χ3v) is 8.52. The molecule has 2 aromatic rings. The number of hydrogen-bond donors (Lipinski definition) is 0. The van der Waals surface area contributed by atoms with Gasteiger partial charge >= 0.3 is 0 Å². The number of rotatable bonds is 6. The molecule has 4 nitrogen and oxygen atoms in total. The van der Waals surface area contributed by atoms with Crippen LogP contribution in [-0.4, -0.2) is 18.8 Å². The summed E-state index contributed by atoms with van der Waals surface area (Å²) in [4.78, 5) is 0. The lowest BCUT2D eigenvalue weighted by Gasteiger charge is -2.19. The fourth-order valence-corrected chi connectivity index (χ4v) is 6.67. The predicted octanol–water partition coefficient (Wildman–Crippen LogP) is 4.58. The first-order chi connectivity index (χ1) is 10.9. The van der Waals surface area contributed by atoms with Crippen molar-refractivity contribution in [3.63, 3.8) is 0 Å². The van der Waals surface area contributed by atoms with Gasteiger partial charge in [0.1, 0.15) is 15.7 Å².